The summed E-state index contributed by atoms with van der Waals surface area (Å²) in [6.07, 6.45) is 5.93. The highest BCUT2D eigenvalue weighted by Gasteiger charge is 2.39. The van der Waals surface area contributed by atoms with E-state index in [1.165, 1.54) is 28.7 Å². The van der Waals surface area contributed by atoms with Gasteiger partial charge in [0, 0.05) is 24.4 Å². The van der Waals surface area contributed by atoms with E-state index in [0.29, 0.717) is 11.8 Å². The Labute approximate surface area is 245 Å². The minimum Gasteiger partial charge on any atom is -0.341 e. The SMILES string of the molecule is CC(C)(C)[C@H](N)C1=NC=C(c2ccc([C@H]3C[C@@H]3c3ccc(-c4cnc([C@@H](N)C(C)(C)C)[nH]4)cc3)cc2)C1.Cl.Cl. The highest BCUT2D eigenvalue weighted by atomic mass is 35.5. The first kappa shape index (κ1) is 31.1. The molecule has 2 heterocycles. The number of imidazole rings is 1. The van der Waals surface area contributed by atoms with Crippen molar-refractivity contribution >= 4 is 36.1 Å². The number of halogens is 2. The summed E-state index contributed by atoms with van der Waals surface area (Å²) in [5.74, 6) is 2.00. The molecule has 0 saturated heterocycles. The number of nitrogens with zero attached hydrogens (tertiary/aromatic N) is 2. The number of aliphatic imine (C=N–C) groups is 1. The normalized spacial score (nSPS) is 20.3. The molecule has 2 aromatic carbocycles. The van der Waals surface area contributed by atoms with Gasteiger partial charge in [-0.05, 0) is 56.9 Å². The van der Waals surface area contributed by atoms with Crippen molar-refractivity contribution < 1.29 is 0 Å². The lowest BCUT2D eigenvalue weighted by atomic mass is 9.83. The molecule has 1 aliphatic carbocycles. The molecular weight excluding hydrogens is 525 g/mol. The van der Waals surface area contributed by atoms with Crippen LogP contribution < -0.4 is 11.5 Å². The Hall–Kier alpha value is -2.44. The molecule has 7 heteroatoms. The lowest BCUT2D eigenvalue weighted by molar-refractivity contribution is 0.317. The number of rotatable bonds is 6. The molecule has 210 valence electrons. The summed E-state index contributed by atoms with van der Waals surface area (Å²) >= 11 is 0. The van der Waals surface area contributed by atoms with Crippen molar-refractivity contribution in [2.24, 2.45) is 27.3 Å². The van der Waals surface area contributed by atoms with Gasteiger partial charge in [-0.15, -0.1) is 24.8 Å². The minimum absolute atomic E-state index is 0. The van der Waals surface area contributed by atoms with Gasteiger partial charge in [-0.25, -0.2) is 4.98 Å². The van der Waals surface area contributed by atoms with Crippen LogP contribution in [0.25, 0.3) is 16.8 Å². The molecule has 3 aromatic rings. The smallest absolute Gasteiger partial charge is 0.124 e. The second-order valence-corrected chi connectivity index (χ2v) is 13.0. The van der Waals surface area contributed by atoms with Crippen molar-refractivity contribution in [1.82, 2.24) is 9.97 Å². The van der Waals surface area contributed by atoms with E-state index in [-0.39, 0.29) is 47.7 Å². The molecule has 1 aliphatic heterocycles. The van der Waals surface area contributed by atoms with Crippen LogP contribution in [0.2, 0.25) is 0 Å². The van der Waals surface area contributed by atoms with Gasteiger partial charge in [0.05, 0.1) is 17.9 Å². The van der Waals surface area contributed by atoms with Gasteiger partial charge in [0.2, 0.25) is 0 Å². The number of H-pyrrole nitrogens is 1. The molecule has 1 fully saturated rings. The van der Waals surface area contributed by atoms with Gasteiger partial charge >= 0.3 is 0 Å². The first-order chi connectivity index (χ1) is 17.4. The first-order valence-electron chi connectivity index (χ1n) is 13.4. The second-order valence-electron chi connectivity index (χ2n) is 13.0. The molecule has 0 bridgehead atoms. The summed E-state index contributed by atoms with van der Waals surface area (Å²) in [6.45, 7) is 12.9. The largest absolute Gasteiger partial charge is 0.341 e. The van der Waals surface area contributed by atoms with Crippen LogP contribution in [0.4, 0.5) is 0 Å². The van der Waals surface area contributed by atoms with E-state index in [0.717, 1.165) is 29.2 Å². The minimum atomic E-state index is -0.125. The van der Waals surface area contributed by atoms with Crippen LogP contribution in [0, 0.1) is 10.8 Å². The first-order valence-corrected chi connectivity index (χ1v) is 13.4. The molecule has 0 amide bonds. The summed E-state index contributed by atoms with van der Waals surface area (Å²) in [6, 6.07) is 17.9. The van der Waals surface area contributed by atoms with Gasteiger partial charge in [-0.1, -0.05) is 90.1 Å². The second kappa shape index (κ2) is 11.6. The van der Waals surface area contributed by atoms with Crippen molar-refractivity contribution in [3.05, 3.63) is 83.4 Å². The highest BCUT2D eigenvalue weighted by Crippen LogP contribution is 2.54. The third-order valence-electron chi connectivity index (χ3n) is 8.02. The van der Waals surface area contributed by atoms with E-state index in [9.17, 15) is 0 Å². The Morgan fingerprint density at radius 2 is 1.28 bits per heavy atom. The molecule has 2 aliphatic rings. The molecule has 4 atom stereocenters. The van der Waals surface area contributed by atoms with E-state index in [1.54, 1.807) is 0 Å². The van der Waals surface area contributed by atoms with Crippen LogP contribution in [0.3, 0.4) is 0 Å². The fraction of sp³-hybridized carbons (Fsp3) is 0.438. The van der Waals surface area contributed by atoms with Crippen molar-refractivity contribution in [2.45, 2.75) is 78.3 Å². The molecule has 5 nitrogen and oxygen atoms in total. The van der Waals surface area contributed by atoms with Crippen LogP contribution in [-0.4, -0.2) is 21.7 Å². The van der Waals surface area contributed by atoms with Gasteiger partial charge in [0.1, 0.15) is 5.82 Å². The summed E-state index contributed by atoms with van der Waals surface area (Å²) < 4.78 is 0. The summed E-state index contributed by atoms with van der Waals surface area (Å²) in [7, 11) is 0. The van der Waals surface area contributed by atoms with Crippen molar-refractivity contribution in [3.63, 3.8) is 0 Å². The van der Waals surface area contributed by atoms with E-state index in [1.807, 2.05) is 12.4 Å². The van der Waals surface area contributed by atoms with E-state index < -0.39 is 0 Å². The third-order valence-corrected chi connectivity index (χ3v) is 8.02. The Balaban J connectivity index is 0.00000210. The Kier molecular flexibility index (Phi) is 9.23. The number of hydrogen-bond acceptors (Lipinski definition) is 4. The topological polar surface area (TPSA) is 93.1 Å². The van der Waals surface area contributed by atoms with Crippen molar-refractivity contribution in [3.8, 4) is 11.3 Å². The Bertz CT molecular complexity index is 1320. The standard InChI is InChI=1S/C32H41N5.2ClH/c1-31(2,3)28(33)26-15-23(17-35-26)19-7-9-20(10-8-19)24-16-25(24)21-11-13-22(14-12-21)27-18-36-30(37-27)29(34)32(4,5)6;;/h7-14,17-18,24-25,28-29H,15-16,33-34H2,1-6H3,(H,36,37);2*1H/t24-,25-,28-,29-;;/m1../s1. The van der Waals surface area contributed by atoms with E-state index >= 15 is 0 Å². The number of benzene rings is 2. The Morgan fingerprint density at radius 3 is 1.79 bits per heavy atom. The zero-order valence-corrected chi connectivity index (χ0v) is 25.5. The number of nitrogens with one attached hydrogen (secondary N) is 1. The summed E-state index contributed by atoms with van der Waals surface area (Å²) in [5, 5.41) is 0. The number of aromatic amines is 1. The maximum absolute atomic E-state index is 6.44. The van der Waals surface area contributed by atoms with E-state index in [4.69, 9.17) is 11.5 Å². The molecule has 0 spiro atoms. The lowest BCUT2D eigenvalue weighted by Gasteiger charge is -2.27. The van der Waals surface area contributed by atoms with Gasteiger partial charge in [0.25, 0.3) is 0 Å². The molecule has 0 radical (unpaired) electrons. The predicted molar refractivity (Wildman–Crippen MR) is 169 cm³/mol. The van der Waals surface area contributed by atoms with Gasteiger partial charge in [-0.2, -0.15) is 0 Å². The zero-order chi connectivity index (χ0) is 26.5. The van der Waals surface area contributed by atoms with Gasteiger partial charge in [0.15, 0.2) is 0 Å². The number of aromatic nitrogens is 2. The van der Waals surface area contributed by atoms with Crippen molar-refractivity contribution in [1.29, 1.82) is 0 Å². The maximum atomic E-state index is 6.44. The molecule has 5 rings (SSSR count). The van der Waals surface area contributed by atoms with Crippen LogP contribution in [0.5, 0.6) is 0 Å². The molecule has 39 heavy (non-hydrogen) atoms. The number of allylic oxidation sites excluding steroid dienone is 1. The fourth-order valence-electron chi connectivity index (χ4n) is 5.15. The predicted octanol–water partition coefficient (Wildman–Crippen LogP) is 7.80. The van der Waals surface area contributed by atoms with E-state index in [2.05, 4.69) is 105 Å². The molecular formula is C32H43Cl2N5. The molecule has 0 unspecified atom stereocenters. The highest BCUT2D eigenvalue weighted by molar-refractivity contribution is 6.01. The van der Waals surface area contributed by atoms with Crippen LogP contribution in [-0.2, 0) is 0 Å². The van der Waals surface area contributed by atoms with Gasteiger partial charge in [-0.3, -0.25) is 4.99 Å². The fourth-order valence-corrected chi connectivity index (χ4v) is 5.15. The number of hydrogen-bond donors (Lipinski definition) is 3. The quantitative estimate of drug-likeness (QED) is 0.283. The molecule has 1 aromatic heterocycles. The average Bonchev–Trinajstić information content (AvgIpc) is 3.26. The Morgan fingerprint density at radius 1 is 0.769 bits per heavy atom. The molecule has 5 N–H and O–H groups in total. The zero-order valence-electron chi connectivity index (χ0n) is 23.9. The lowest BCUT2D eigenvalue weighted by Crippen LogP contribution is -2.41. The number of nitrogens with two attached hydrogens (primary N) is 2. The van der Waals surface area contributed by atoms with Crippen LogP contribution in [0.15, 0.2) is 65.9 Å². The third kappa shape index (κ3) is 6.66. The maximum Gasteiger partial charge on any atom is 0.124 e. The molecule has 1 saturated carbocycles. The monoisotopic (exact) mass is 567 g/mol. The average molecular weight is 569 g/mol. The summed E-state index contributed by atoms with van der Waals surface area (Å²) in [4.78, 5) is 12.6. The van der Waals surface area contributed by atoms with Crippen LogP contribution in [0.1, 0.15) is 94.8 Å². The van der Waals surface area contributed by atoms with Crippen LogP contribution >= 0.6 is 24.8 Å². The van der Waals surface area contributed by atoms with Crippen molar-refractivity contribution in [2.75, 3.05) is 0 Å². The summed E-state index contributed by atoms with van der Waals surface area (Å²) in [5.41, 5.74) is 21.4. The van der Waals surface area contributed by atoms with Gasteiger partial charge < -0.3 is 16.5 Å².